The smallest absolute Gasteiger partial charge is 0.405 e. The Balaban J connectivity index is 2.25. The van der Waals surface area contributed by atoms with Crippen molar-refractivity contribution < 1.29 is 13.9 Å². The van der Waals surface area contributed by atoms with Gasteiger partial charge in [0.05, 0.1) is 0 Å². The van der Waals surface area contributed by atoms with E-state index in [1.165, 1.54) is 6.07 Å². The molecule has 18 heavy (non-hydrogen) atoms. The Bertz CT molecular complexity index is 648. The first-order valence-corrected chi connectivity index (χ1v) is 5.83. The molecule has 0 saturated heterocycles. The number of rotatable bonds is 1. The summed E-state index contributed by atoms with van der Waals surface area (Å²) in [6, 6.07) is 3.17. The predicted octanol–water partition coefficient (Wildman–Crippen LogP) is 2.70. The van der Waals surface area contributed by atoms with E-state index in [1.807, 2.05) is 6.92 Å². The van der Waals surface area contributed by atoms with Crippen molar-refractivity contribution in [2.75, 3.05) is 0 Å². The van der Waals surface area contributed by atoms with Gasteiger partial charge in [0.2, 0.25) is 0 Å². The first-order chi connectivity index (χ1) is 8.58. The Kier molecular flexibility index (Phi) is 2.29. The highest BCUT2D eigenvalue weighted by Crippen LogP contribution is 2.40. The predicted molar refractivity (Wildman–Crippen MR) is 64.7 cm³/mol. The molecule has 1 atom stereocenters. The fraction of sp³-hybridized carbons (Fsp3) is 0.308. The van der Waals surface area contributed by atoms with Gasteiger partial charge in [-0.25, -0.2) is 9.18 Å². The number of nitrogens with one attached hydrogen (secondary N) is 1. The number of hydrogen-bond acceptors (Lipinski definition) is 2. The lowest BCUT2D eigenvalue weighted by Crippen LogP contribution is -2.20. The summed E-state index contributed by atoms with van der Waals surface area (Å²) in [5.74, 6) is -0.208. The quantitative estimate of drug-likeness (QED) is 0.814. The Morgan fingerprint density at radius 3 is 3.06 bits per heavy atom. The van der Waals surface area contributed by atoms with Crippen LogP contribution in [-0.4, -0.2) is 11.1 Å². The van der Waals surface area contributed by atoms with Crippen LogP contribution in [0, 0.1) is 12.7 Å². The highest BCUT2D eigenvalue weighted by atomic mass is 19.1. The van der Waals surface area contributed by atoms with E-state index in [-0.39, 0.29) is 11.9 Å². The van der Waals surface area contributed by atoms with Gasteiger partial charge in [0.15, 0.2) is 0 Å². The van der Waals surface area contributed by atoms with Crippen molar-refractivity contribution in [3.63, 3.8) is 0 Å². The molecule has 1 aliphatic rings. The number of hydrogen-bond donors (Lipinski definition) is 2. The molecule has 5 heteroatoms. The van der Waals surface area contributed by atoms with Gasteiger partial charge in [-0.1, -0.05) is 0 Å². The van der Waals surface area contributed by atoms with Crippen molar-refractivity contribution in [1.29, 1.82) is 0 Å². The number of aromatic nitrogens is 1. The molecule has 3 rings (SSSR count). The van der Waals surface area contributed by atoms with Crippen molar-refractivity contribution in [1.82, 2.24) is 4.98 Å². The highest BCUT2D eigenvalue weighted by Gasteiger charge is 2.29. The third-order valence-corrected chi connectivity index (χ3v) is 3.49. The van der Waals surface area contributed by atoms with Gasteiger partial charge in [0.25, 0.3) is 0 Å². The molecule has 1 aromatic carbocycles. The summed E-state index contributed by atoms with van der Waals surface area (Å²) in [6.45, 7) is 1.89. The van der Waals surface area contributed by atoms with Crippen LogP contribution in [0.4, 0.5) is 9.18 Å². The summed E-state index contributed by atoms with van der Waals surface area (Å²) in [6.07, 6.45) is -0.0741. The van der Waals surface area contributed by atoms with E-state index < -0.39 is 6.09 Å². The summed E-state index contributed by atoms with van der Waals surface area (Å²) in [5.41, 5.74) is 8.38. The van der Waals surface area contributed by atoms with Crippen LogP contribution in [0.5, 0.6) is 0 Å². The van der Waals surface area contributed by atoms with E-state index in [0.717, 1.165) is 22.2 Å². The average molecular weight is 248 g/mol. The van der Waals surface area contributed by atoms with Gasteiger partial charge in [0, 0.05) is 22.2 Å². The van der Waals surface area contributed by atoms with Crippen molar-refractivity contribution in [2.24, 2.45) is 5.73 Å². The van der Waals surface area contributed by atoms with Crippen LogP contribution in [0.25, 0.3) is 10.9 Å². The minimum atomic E-state index is -0.798. The molecule has 0 saturated carbocycles. The molecule has 3 N–H and O–H groups in total. The first kappa shape index (κ1) is 11.1. The number of carbonyl (C=O) groups excluding carboxylic acids is 1. The maximum atomic E-state index is 13.8. The zero-order chi connectivity index (χ0) is 12.9. The number of benzene rings is 1. The van der Waals surface area contributed by atoms with Crippen molar-refractivity contribution >= 4 is 17.0 Å². The van der Waals surface area contributed by atoms with Gasteiger partial charge in [0.1, 0.15) is 11.9 Å². The second-order valence-corrected chi connectivity index (χ2v) is 4.58. The van der Waals surface area contributed by atoms with E-state index in [1.54, 1.807) is 6.07 Å². The van der Waals surface area contributed by atoms with Crippen molar-refractivity contribution in [3.8, 4) is 0 Å². The number of primary amides is 1. The van der Waals surface area contributed by atoms with Crippen LogP contribution in [0.2, 0.25) is 0 Å². The van der Waals surface area contributed by atoms with Gasteiger partial charge < -0.3 is 15.5 Å². The van der Waals surface area contributed by atoms with Crippen LogP contribution >= 0.6 is 0 Å². The standard InChI is InChI=1S/C13H13FN2O2/c1-6-11-10(18-13(15)17)5-2-7-8(14)3-4-9(16-6)12(7)11/h3-4,10,16H,2,5H2,1H3,(H2,15,17). The molecule has 1 aromatic heterocycles. The number of aromatic amines is 1. The Morgan fingerprint density at radius 2 is 2.33 bits per heavy atom. The third kappa shape index (κ3) is 1.47. The number of halogens is 1. The molecule has 0 fully saturated rings. The van der Waals surface area contributed by atoms with Crippen LogP contribution in [-0.2, 0) is 11.2 Å². The number of ether oxygens (including phenoxy) is 1. The monoisotopic (exact) mass is 248 g/mol. The first-order valence-electron chi connectivity index (χ1n) is 5.83. The zero-order valence-corrected chi connectivity index (χ0v) is 9.92. The average Bonchev–Trinajstić information content (AvgIpc) is 2.64. The summed E-state index contributed by atoms with van der Waals surface area (Å²) in [5, 5.41) is 0.838. The Morgan fingerprint density at radius 1 is 1.56 bits per heavy atom. The summed E-state index contributed by atoms with van der Waals surface area (Å²) in [4.78, 5) is 14.1. The summed E-state index contributed by atoms with van der Waals surface area (Å²) < 4.78 is 18.9. The fourth-order valence-corrected chi connectivity index (χ4v) is 2.82. The largest absolute Gasteiger partial charge is 0.441 e. The number of amides is 1. The second-order valence-electron chi connectivity index (χ2n) is 4.58. The molecule has 4 nitrogen and oxygen atoms in total. The van der Waals surface area contributed by atoms with E-state index in [9.17, 15) is 9.18 Å². The molecule has 0 aliphatic heterocycles. The molecule has 0 spiro atoms. The van der Waals surface area contributed by atoms with Crippen LogP contribution < -0.4 is 5.73 Å². The van der Waals surface area contributed by atoms with Gasteiger partial charge in [-0.3, -0.25) is 0 Å². The van der Waals surface area contributed by atoms with Crippen LogP contribution in [0.3, 0.4) is 0 Å². The molecular weight excluding hydrogens is 235 g/mol. The van der Waals surface area contributed by atoms with Crippen molar-refractivity contribution in [3.05, 3.63) is 34.8 Å². The zero-order valence-electron chi connectivity index (χ0n) is 9.92. The summed E-state index contributed by atoms with van der Waals surface area (Å²) >= 11 is 0. The normalized spacial score (nSPS) is 18.0. The van der Waals surface area contributed by atoms with E-state index in [2.05, 4.69) is 4.98 Å². The van der Waals surface area contributed by atoms with Gasteiger partial charge in [-0.15, -0.1) is 0 Å². The molecule has 1 unspecified atom stereocenters. The Labute approximate surface area is 103 Å². The molecule has 1 heterocycles. The lowest BCUT2D eigenvalue weighted by Gasteiger charge is -2.23. The minimum absolute atomic E-state index is 0.208. The van der Waals surface area contributed by atoms with Crippen molar-refractivity contribution in [2.45, 2.75) is 25.9 Å². The maximum absolute atomic E-state index is 13.8. The molecule has 0 radical (unpaired) electrons. The SMILES string of the molecule is Cc1[nH]c2ccc(F)c3c2c1C(OC(N)=O)CC3. The molecule has 1 aliphatic carbocycles. The molecule has 2 aromatic rings. The number of nitrogens with two attached hydrogens (primary N) is 1. The number of H-pyrrole nitrogens is 1. The highest BCUT2D eigenvalue weighted by molar-refractivity contribution is 5.89. The van der Waals surface area contributed by atoms with E-state index in [0.29, 0.717) is 18.4 Å². The van der Waals surface area contributed by atoms with E-state index >= 15 is 0 Å². The topological polar surface area (TPSA) is 68.1 Å². The van der Waals surface area contributed by atoms with Gasteiger partial charge in [-0.05, 0) is 37.5 Å². The molecule has 0 bridgehead atoms. The Hall–Kier alpha value is -2.04. The molecule has 1 amide bonds. The lowest BCUT2D eigenvalue weighted by atomic mass is 9.89. The lowest BCUT2D eigenvalue weighted by molar-refractivity contribution is 0.100. The third-order valence-electron chi connectivity index (χ3n) is 3.49. The second kappa shape index (κ2) is 3.73. The number of carbonyl (C=O) groups is 1. The van der Waals surface area contributed by atoms with E-state index in [4.69, 9.17) is 10.5 Å². The van der Waals surface area contributed by atoms with Crippen LogP contribution in [0.1, 0.15) is 29.3 Å². The summed E-state index contributed by atoms with van der Waals surface area (Å²) in [7, 11) is 0. The molecular formula is C13H13FN2O2. The van der Waals surface area contributed by atoms with Crippen LogP contribution in [0.15, 0.2) is 12.1 Å². The van der Waals surface area contributed by atoms with Gasteiger partial charge in [-0.2, -0.15) is 0 Å². The molecule has 94 valence electrons. The minimum Gasteiger partial charge on any atom is -0.441 e. The maximum Gasteiger partial charge on any atom is 0.405 e. The number of aryl methyl sites for hydroxylation is 2. The fourth-order valence-electron chi connectivity index (χ4n) is 2.82. The van der Waals surface area contributed by atoms with Gasteiger partial charge >= 0.3 is 6.09 Å².